The average molecular weight is 222 g/mol. The predicted octanol–water partition coefficient (Wildman–Crippen LogP) is 1.02. The Hall–Kier alpha value is -1.55. The highest BCUT2D eigenvalue weighted by Crippen LogP contribution is 2.05. The summed E-state index contributed by atoms with van der Waals surface area (Å²) in [4.78, 5) is 11.6. The molecule has 0 fully saturated rings. The van der Waals surface area contributed by atoms with Gasteiger partial charge in [-0.1, -0.05) is 13.8 Å². The van der Waals surface area contributed by atoms with E-state index in [0.29, 0.717) is 11.3 Å². The molecule has 16 heavy (non-hydrogen) atoms. The highest BCUT2D eigenvalue weighted by molar-refractivity contribution is 5.94. The third-order valence-electron chi connectivity index (χ3n) is 2.41. The van der Waals surface area contributed by atoms with Gasteiger partial charge in [0.2, 0.25) is 0 Å². The molecule has 0 radical (unpaired) electrons. The zero-order valence-electron chi connectivity index (χ0n) is 9.60. The number of rotatable bonds is 4. The van der Waals surface area contributed by atoms with Crippen molar-refractivity contribution in [3.05, 3.63) is 29.8 Å². The van der Waals surface area contributed by atoms with Gasteiger partial charge in [0.15, 0.2) is 0 Å². The number of carbonyl (C=O) groups excluding carboxylic acids is 1. The van der Waals surface area contributed by atoms with Gasteiger partial charge in [-0.15, -0.1) is 0 Å². The van der Waals surface area contributed by atoms with Crippen molar-refractivity contribution in [2.24, 2.45) is 5.92 Å². The number of anilines is 1. The van der Waals surface area contributed by atoms with Crippen LogP contribution in [0.4, 0.5) is 5.69 Å². The Bertz CT molecular complexity index is 347. The van der Waals surface area contributed by atoms with Crippen LogP contribution in [0, 0.1) is 5.92 Å². The maximum atomic E-state index is 11.6. The monoisotopic (exact) mass is 222 g/mol. The van der Waals surface area contributed by atoms with Crippen molar-refractivity contribution in [1.29, 1.82) is 0 Å². The minimum absolute atomic E-state index is 0.131. The second kappa shape index (κ2) is 5.51. The Morgan fingerprint density at radius 3 is 2.44 bits per heavy atom. The molecule has 4 N–H and O–H groups in total. The summed E-state index contributed by atoms with van der Waals surface area (Å²) in [6.07, 6.45) is -0.516. The van der Waals surface area contributed by atoms with Crippen molar-refractivity contribution in [2.45, 2.75) is 20.0 Å². The quantitative estimate of drug-likeness (QED) is 0.666. The van der Waals surface area contributed by atoms with E-state index >= 15 is 0 Å². The first-order valence-electron chi connectivity index (χ1n) is 5.32. The Labute approximate surface area is 95.5 Å². The molecule has 0 aromatic heterocycles. The molecule has 1 aromatic rings. The van der Waals surface area contributed by atoms with Gasteiger partial charge in [-0.2, -0.15) is 0 Å². The van der Waals surface area contributed by atoms with Crippen LogP contribution in [0.2, 0.25) is 0 Å². The fourth-order valence-corrected chi connectivity index (χ4v) is 1.17. The van der Waals surface area contributed by atoms with Crippen LogP contribution in [0.15, 0.2) is 24.3 Å². The van der Waals surface area contributed by atoms with Gasteiger partial charge < -0.3 is 16.2 Å². The van der Waals surface area contributed by atoms with Crippen molar-refractivity contribution in [3.8, 4) is 0 Å². The van der Waals surface area contributed by atoms with E-state index in [4.69, 9.17) is 5.73 Å². The van der Waals surface area contributed by atoms with Gasteiger partial charge in [0.05, 0.1) is 6.10 Å². The number of amides is 1. The number of nitrogen functional groups attached to an aromatic ring is 1. The van der Waals surface area contributed by atoms with Crippen molar-refractivity contribution < 1.29 is 9.90 Å². The second-order valence-corrected chi connectivity index (χ2v) is 4.14. The molecule has 1 atom stereocenters. The molecular formula is C12H18N2O2. The number of hydrogen-bond acceptors (Lipinski definition) is 3. The van der Waals surface area contributed by atoms with Crippen molar-refractivity contribution in [2.75, 3.05) is 12.3 Å². The summed E-state index contributed by atoms with van der Waals surface area (Å²) in [5.74, 6) is -0.0635. The zero-order chi connectivity index (χ0) is 12.1. The molecule has 0 aliphatic rings. The Balaban J connectivity index is 2.50. The molecule has 88 valence electrons. The first-order chi connectivity index (χ1) is 7.50. The number of nitrogens with one attached hydrogen (secondary N) is 1. The van der Waals surface area contributed by atoms with Crippen LogP contribution in [-0.4, -0.2) is 23.7 Å². The third kappa shape index (κ3) is 3.55. The van der Waals surface area contributed by atoms with Crippen molar-refractivity contribution >= 4 is 11.6 Å². The predicted molar refractivity (Wildman–Crippen MR) is 64.0 cm³/mol. The average Bonchev–Trinajstić information content (AvgIpc) is 2.26. The van der Waals surface area contributed by atoms with Gasteiger partial charge >= 0.3 is 0 Å². The lowest BCUT2D eigenvalue weighted by Crippen LogP contribution is -2.34. The molecule has 1 unspecified atom stereocenters. The smallest absolute Gasteiger partial charge is 0.251 e. The van der Waals surface area contributed by atoms with Gasteiger partial charge in [-0.25, -0.2) is 0 Å². The summed E-state index contributed by atoms with van der Waals surface area (Å²) >= 11 is 0. The molecular weight excluding hydrogens is 204 g/mol. The molecule has 0 aliphatic heterocycles. The molecule has 0 bridgehead atoms. The van der Waals surface area contributed by atoms with Crippen LogP contribution >= 0.6 is 0 Å². The van der Waals surface area contributed by atoms with Gasteiger partial charge in [-0.3, -0.25) is 4.79 Å². The van der Waals surface area contributed by atoms with Crippen molar-refractivity contribution in [3.63, 3.8) is 0 Å². The number of nitrogens with two attached hydrogens (primary N) is 1. The van der Waals surface area contributed by atoms with E-state index in [1.807, 2.05) is 13.8 Å². The summed E-state index contributed by atoms with van der Waals surface area (Å²) in [6.45, 7) is 4.07. The maximum Gasteiger partial charge on any atom is 0.251 e. The summed E-state index contributed by atoms with van der Waals surface area (Å²) < 4.78 is 0. The van der Waals surface area contributed by atoms with Crippen LogP contribution in [0.1, 0.15) is 24.2 Å². The van der Waals surface area contributed by atoms with Gasteiger partial charge in [-0.05, 0) is 30.2 Å². The van der Waals surface area contributed by atoms with E-state index in [1.54, 1.807) is 24.3 Å². The standard InChI is InChI=1S/C12H18N2O2/c1-8(2)11(15)7-14-12(16)9-3-5-10(13)6-4-9/h3-6,8,11,15H,7,13H2,1-2H3,(H,14,16). The topological polar surface area (TPSA) is 75.3 Å². The third-order valence-corrected chi connectivity index (χ3v) is 2.41. The summed E-state index contributed by atoms with van der Waals surface area (Å²) in [5, 5.41) is 12.2. The first-order valence-corrected chi connectivity index (χ1v) is 5.32. The molecule has 4 nitrogen and oxygen atoms in total. The SMILES string of the molecule is CC(C)C(O)CNC(=O)c1ccc(N)cc1. The fourth-order valence-electron chi connectivity index (χ4n) is 1.17. The van der Waals surface area contributed by atoms with Gasteiger partial charge in [0.25, 0.3) is 5.91 Å². The van der Waals surface area contributed by atoms with Crippen LogP contribution in [0.25, 0.3) is 0 Å². The molecule has 1 amide bonds. The van der Waals surface area contributed by atoms with Crippen LogP contribution in [0.5, 0.6) is 0 Å². The van der Waals surface area contributed by atoms with E-state index in [1.165, 1.54) is 0 Å². The molecule has 0 saturated carbocycles. The number of aliphatic hydroxyl groups excluding tert-OH is 1. The lowest BCUT2D eigenvalue weighted by molar-refractivity contribution is 0.0871. The summed E-state index contributed by atoms with van der Waals surface area (Å²) in [5.41, 5.74) is 6.69. The highest BCUT2D eigenvalue weighted by Gasteiger charge is 2.11. The van der Waals surface area contributed by atoms with E-state index < -0.39 is 6.10 Å². The summed E-state index contributed by atoms with van der Waals surface area (Å²) in [7, 11) is 0. The Morgan fingerprint density at radius 1 is 1.38 bits per heavy atom. The fraction of sp³-hybridized carbons (Fsp3) is 0.417. The lowest BCUT2D eigenvalue weighted by Gasteiger charge is -2.15. The largest absolute Gasteiger partial charge is 0.399 e. The first kappa shape index (κ1) is 12.5. The van der Waals surface area contributed by atoms with E-state index in [-0.39, 0.29) is 18.4 Å². The number of aliphatic hydroxyl groups is 1. The minimum Gasteiger partial charge on any atom is -0.399 e. The van der Waals surface area contributed by atoms with Gasteiger partial charge in [0, 0.05) is 17.8 Å². The number of benzene rings is 1. The van der Waals surface area contributed by atoms with E-state index in [2.05, 4.69) is 5.32 Å². The van der Waals surface area contributed by atoms with Gasteiger partial charge in [0.1, 0.15) is 0 Å². The minimum atomic E-state index is -0.516. The molecule has 0 aliphatic carbocycles. The van der Waals surface area contributed by atoms with Crippen LogP contribution < -0.4 is 11.1 Å². The number of hydrogen-bond donors (Lipinski definition) is 3. The van der Waals surface area contributed by atoms with Crippen LogP contribution in [-0.2, 0) is 0 Å². The normalized spacial score (nSPS) is 12.5. The van der Waals surface area contributed by atoms with Crippen LogP contribution in [0.3, 0.4) is 0 Å². The highest BCUT2D eigenvalue weighted by atomic mass is 16.3. The molecule has 1 aromatic carbocycles. The second-order valence-electron chi connectivity index (χ2n) is 4.14. The molecule has 0 saturated heterocycles. The Morgan fingerprint density at radius 2 is 1.94 bits per heavy atom. The molecule has 1 rings (SSSR count). The molecule has 0 heterocycles. The molecule has 4 heteroatoms. The van der Waals surface area contributed by atoms with Crippen molar-refractivity contribution in [1.82, 2.24) is 5.32 Å². The number of carbonyl (C=O) groups is 1. The lowest BCUT2D eigenvalue weighted by atomic mass is 10.1. The van der Waals surface area contributed by atoms with E-state index in [0.717, 1.165) is 0 Å². The maximum absolute atomic E-state index is 11.6. The molecule has 0 spiro atoms. The zero-order valence-corrected chi connectivity index (χ0v) is 9.60. The Kier molecular flexibility index (Phi) is 4.31. The summed E-state index contributed by atoms with van der Waals surface area (Å²) in [6, 6.07) is 6.67. The van der Waals surface area contributed by atoms with E-state index in [9.17, 15) is 9.90 Å².